The molecule has 3 rings (SSSR count). The summed E-state index contributed by atoms with van der Waals surface area (Å²) in [4.78, 5) is 16.5. The first-order chi connectivity index (χ1) is 10.2. The number of hydrogen-bond acceptors (Lipinski definition) is 4. The summed E-state index contributed by atoms with van der Waals surface area (Å²) in [7, 11) is 0. The fourth-order valence-corrected chi connectivity index (χ4v) is 2.29. The van der Waals surface area contributed by atoms with Crippen molar-refractivity contribution in [1.29, 1.82) is 0 Å². The van der Waals surface area contributed by atoms with Gasteiger partial charge < -0.3 is 5.32 Å². The molecule has 1 N–H and O–H groups in total. The fraction of sp³-hybridized carbons (Fsp3) is 0.231. The van der Waals surface area contributed by atoms with E-state index in [4.69, 9.17) is 0 Å². The molecule has 0 aliphatic carbocycles. The molecule has 0 radical (unpaired) electrons. The van der Waals surface area contributed by atoms with Crippen LogP contribution in [0.25, 0.3) is 5.65 Å². The summed E-state index contributed by atoms with van der Waals surface area (Å²) >= 11 is 3.32. The van der Waals surface area contributed by atoms with Crippen molar-refractivity contribution in [1.82, 2.24) is 24.4 Å². The normalized spacial score (nSPS) is 11.0. The van der Waals surface area contributed by atoms with Crippen molar-refractivity contribution in [2.24, 2.45) is 0 Å². The highest BCUT2D eigenvalue weighted by atomic mass is 79.9. The smallest absolute Gasteiger partial charge is 0.261 e. The standard InChI is InChI=1S/C13H13BrN6O/c1-2-3-19-8-10(5-16-19)18-13(21)11-6-17-20-7-9(14)4-15-12(11)20/h4-8H,2-3H2,1H3,(H,18,21). The molecule has 0 saturated heterocycles. The predicted molar refractivity (Wildman–Crippen MR) is 81.2 cm³/mol. The SMILES string of the molecule is CCCn1cc(NC(=O)c2cnn3cc(Br)cnc23)cn1. The Bertz CT molecular complexity index is 793. The molecule has 0 aromatic carbocycles. The maximum absolute atomic E-state index is 12.3. The van der Waals surface area contributed by atoms with Crippen LogP contribution in [0, 0.1) is 0 Å². The van der Waals surface area contributed by atoms with Crippen molar-refractivity contribution >= 4 is 33.2 Å². The lowest BCUT2D eigenvalue weighted by Crippen LogP contribution is -2.11. The van der Waals surface area contributed by atoms with E-state index in [2.05, 4.69) is 43.4 Å². The van der Waals surface area contributed by atoms with Crippen molar-refractivity contribution < 1.29 is 4.79 Å². The van der Waals surface area contributed by atoms with Crippen molar-refractivity contribution in [2.75, 3.05) is 5.32 Å². The second kappa shape index (κ2) is 5.65. The molecule has 0 bridgehead atoms. The Morgan fingerprint density at radius 1 is 1.29 bits per heavy atom. The molecule has 3 aromatic heterocycles. The maximum atomic E-state index is 12.3. The van der Waals surface area contributed by atoms with Crippen LogP contribution in [0.15, 0.2) is 35.5 Å². The molecule has 0 saturated carbocycles. The van der Waals surface area contributed by atoms with Gasteiger partial charge in [0.25, 0.3) is 5.91 Å². The molecular weight excluding hydrogens is 336 g/mol. The molecule has 7 nitrogen and oxygen atoms in total. The number of fused-ring (bicyclic) bond motifs is 1. The Labute approximate surface area is 129 Å². The number of halogens is 1. The van der Waals surface area contributed by atoms with E-state index in [-0.39, 0.29) is 5.91 Å². The summed E-state index contributed by atoms with van der Waals surface area (Å²) in [5.74, 6) is -0.254. The van der Waals surface area contributed by atoms with Gasteiger partial charge in [-0.25, -0.2) is 9.50 Å². The van der Waals surface area contributed by atoms with Crippen molar-refractivity contribution in [2.45, 2.75) is 19.9 Å². The molecule has 0 unspecified atom stereocenters. The van der Waals surface area contributed by atoms with E-state index in [1.54, 1.807) is 34.0 Å². The van der Waals surface area contributed by atoms with Crippen LogP contribution >= 0.6 is 15.9 Å². The molecule has 0 fully saturated rings. The summed E-state index contributed by atoms with van der Waals surface area (Å²) in [5.41, 5.74) is 1.59. The minimum atomic E-state index is -0.254. The van der Waals surface area contributed by atoms with Crippen LogP contribution in [0.4, 0.5) is 5.69 Å². The average Bonchev–Trinajstić information content (AvgIpc) is 3.05. The molecule has 0 aliphatic heterocycles. The van der Waals surface area contributed by atoms with Crippen LogP contribution in [0.3, 0.4) is 0 Å². The highest BCUT2D eigenvalue weighted by Gasteiger charge is 2.14. The van der Waals surface area contributed by atoms with E-state index in [9.17, 15) is 4.79 Å². The van der Waals surface area contributed by atoms with E-state index >= 15 is 0 Å². The van der Waals surface area contributed by atoms with Gasteiger partial charge in [0.05, 0.1) is 22.6 Å². The number of nitrogens with zero attached hydrogens (tertiary/aromatic N) is 5. The number of carbonyl (C=O) groups is 1. The molecule has 0 atom stereocenters. The number of nitrogens with one attached hydrogen (secondary N) is 1. The molecule has 1 amide bonds. The lowest BCUT2D eigenvalue weighted by Gasteiger charge is -2.00. The van der Waals surface area contributed by atoms with Gasteiger partial charge in [-0.15, -0.1) is 0 Å². The highest BCUT2D eigenvalue weighted by Crippen LogP contribution is 2.14. The largest absolute Gasteiger partial charge is 0.319 e. The van der Waals surface area contributed by atoms with E-state index in [1.807, 2.05) is 0 Å². The van der Waals surface area contributed by atoms with Gasteiger partial charge in [0.2, 0.25) is 0 Å². The monoisotopic (exact) mass is 348 g/mol. The Morgan fingerprint density at radius 3 is 2.95 bits per heavy atom. The van der Waals surface area contributed by atoms with Crippen LogP contribution in [0.5, 0.6) is 0 Å². The number of hydrogen-bond donors (Lipinski definition) is 1. The zero-order valence-corrected chi connectivity index (χ0v) is 12.9. The lowest BCUT2D eigenvalue weighted by molar-refractivity contribution is 0.102. The predicted octanol–water partition coefficient (Wildman–Crippen LogP) is 2.35. The van der Waals surface area contributed by atoms with E-state index < -0.39 is 0 Å². The topological polar surface area (TPSA) is 77.1 Å². The van der Waals surface area contributed by atoms with Crippen molar-refractivity contribution in [3.05, 3.63) is 41.0 Å². The summed E-state index contributed by atoms with van der Waals surface area (Å²) in [5, 5.41) is 11.1. The van der Waals surface area contributed by atoms with Crippen molar-refractivity contribution in [3.63, 3.8) is 0 Å². The number of amides is 1. The second-order valence-corrected chi connectivity index (χ2v) is 5.46. The third-order valence-electron chi connectivity index (χ3n) is 2.91. The van der Waals surface area contributed by atoms with Gasteiger partial charge in [-0.3, -0.25) is 9.48 Å². The van der Waals surface area contributed by atoms with Gasteiger partial charge in [0, 0.05) is 25.1 Å². The lowest BCUT2D eigenvalue weighted by atomic mass is 10.3. The molecule has 3 heterocycles. The van der Waals surface area contributed by atoms with Crippen molar-refractivity contribution in [3.8, 4) is 0 Å². The Hall–Kier alpha value is -2.22. The van der Waals surface area contributed by atoms with Gasteiger partial charge in [0.1, 0.15) is 5.56 Å². The van der Waals surface area contributed by atoms with E-state index in [0.29, 0.717) is 16.9 Å². The Balaban J connectivity index is 1.83. The number of rotatable bonds is 4. The minimum Gasteiger partial charge on any atom is -0.319 e. The van der Waals surface area contributed by atoms with Crippen LogP contribution in [-0.2, 0) is 6.54 Å². The third-order valence-corrected chi connectivity index (χ3v) is 3.32. The maximum Gasteiger partial charge on any atom is 0.261 e. The van der Waals surface area contributed by atoms with Crippen LogP contribution in [0.2, 0.25) is 0 Å². The first kappa shape index (κ1) is 13.7. The molecule has 0 aliphatic rings. The Morgan fingerprint density at radius 2 is 2.14 bits per heavy atom. The first-order valence-electron chi connectivity index (χ1n) is 6.50. The molecule has 3 aromatic rings. The number of carbonyl (C=O) groups excluding carboxylic acids is 1. The van der Waals surface area contributed by atoms with Crippen LogP contribution < -0.4 is 5.32 Å². The highest BCUT2D eigenvalue weighted by molar-refractivity contribution is 9.10. The summed E-state index contributed by atoms with van der Waals surface area (Å²) in [6, 6.07) is 0. The van der Waals surface area contributed by atoms with Gasteiger partial charge in [-0.05, 0) is 22.4 Å². The summed E-state index contributed by atoms with van der Waals surface area (Å²) in [6.07, 6.45) is 9.30. The quantitative estimate of drug-likeness (QED) is 0.784. The zero-order chi connectivity index (χ0) is 14.8. The average molecular weight is 349 g/mol. The second-order valence-electron chi connectivity index (χ2n) is 4.54. The molecule has 108 valence electrons. The third kappa shape index (κ3) is 2.80. The van der Waals surface area contributed by atoms with Gasteiger partial charge in [-0.2, -0.15) is 10.2 Å². The van der Waals surface area contributed by atoms with Gasteiger partial charge in [-0.1, -0.05) is 6.92 Å². The van der Waals surface area contributed by atoms with Crippen LogP contribution in [0.1, 0.15) is 23.7 Å². The summed E-state index contributed by atoms with van der Waals surface area (Å²) in [6.45, 7) is 2.89. The molecule has 8 heteroatoms. The molecular formula is C13H13BrN6O. The molecule has 0 spiro atoms. The zero-order valence-electron chi connectivity index (χ0n) is 11.3. The van der Waals surface area contributed by atoms with Gasteiger partial charge >= 0.3 is 0 Å². The van der Waals surface area contributed by atoms with Crippen LogP contribution in [-0.4, -0.2) is 30.3 Å². The van der Waals surface area contributed by atoms with E-state index in [1.165, 1.54) is 6.20 Å². The Kier molecular flexibility index (Phi) is 3.70. The fourth-order valence-electron chi connectivity index (χ4n) is 1.99. The number of aromatic nitrogens is 5. The summed E-state index contributed by atoms with van der Waals surface area (Å²) < 4.78 is 4.14. The van der Waals surface area contributed by atoms with E-state index in [0.717, 1.165) is 17.4 Å². The first-order valence-corrected chi connectivity index (χ1v) is 7.29. The van der Waals surface area contributed by atoms with Gasteiger partial charge in [0.15, 0.2) is 5.65 Å². The number of anilines is 1. The molecule has 21 heavy (non-hydrogen) atoms. The minimum absolute atomic E-state index is 0.254. The number of aryl methyl sites for hydroxylation is 1.